The van der Waals surface area contributed by atoms with Crippen LogP contribution in [0.15, 0.2) is 60.8 Å². The Kier molecular flexibility index (Phi) is 6.60. The lowest BCUT2D eigenvalue weighted by molar-refractivity contribution is 0.0116. The van der Waals surface area contributed by atoms with Crippen LogP contribution in [0.3, 0.4) is 0 Å². The van der Waals surface area contributed by atoms with Crippen molar-refractivity contribution in [3.63, 3.8) is 0 Å². The Bertz CT molecular complexity index is 1080. The minimum absolute atomic E-state index is 0.0282. The maximum absolute atomic E-state index is 12.2. The lowest BCUT2D eigenvalue weighted by Gasteiger charge is -2.19. The quantitative estimate of drug-likeness (QED) is 0.434. The first kappa shape index (κ1) is 22.1. The Hall–Kier alpha value is -3.13. The predicted octanol–water partition coefficient (Wildman–Crippen LogP) is 3.64. The van der Waals surface area contributed by atoms with E-state index in [9.17, 15) is 15.0 Å². The van der Waals surface area contributed by atoms with Crippen LogP contribution in [0.5, 0.6) is 0 Å². The standard InChI is InChI=1S/C24H24ClN3O4/c25-14-11-20(26)22(28-12-14)23(30)21(29)9-10-27-24(31)32-13-19-17-7-3-1-5-15(17)16-6-2-4-8-18(16)19/h1-8,11-12,19,21,23,29-30H,9-10,13,26H2,(H,27,31). The van der Waals surface area contributed by atoms with Gasteiger partial charge in [-0.15, -0.1) is 0 Å². The molecule has 0 spiro atoms. The Balaban J connectivity index is 1.29. The molecule has 0 radical (unpaired) electrons. The summed E-state index contributed by atoms with van der Waals surface area (Å²) in [5.41, 5.74) is 10.7. The third kappa shape index (κ3) is 4.55. The highest BCUT2D eigenvalue weighted by atomic mass is 35.5. The number of carbonyl (C=O) groups excluding carboxylic acids is 1. The molecule has 1 aromatic heterocycles. The summed E-state index contributed by atoms with van der Waals surface area (Å²) in [5.74, 6) is -0.0282. The number of carbonyl (C=O) groups is 1. The van der Waals surface area contributed by atoms with Gasteiger partial charge in [-0.05, 0) is 34.7 Å². The topological polar surface area (TPSA) is 118 Å². The largest absolute Gasteiger partial charge is 0.449 e. The van der Waals surface area contributed by atoms with Crippen LogP contribution in [0.25, 0.3) is 11.1 Å². The summed E-state index contributed by atoms with van der Waals surface area (Å²) in [6, 6.07) is 17.7. The molecule has 4 rings (SSSR count). The van der Waals surface area contributed by atoms with Crippen molar-refractivity contribution in [3.8, 4) is 11.1 Å². The second kappa shape index (κ2) is 9.56. The zero-order valence-electron chi connectivity index (χ0n) is 17.2. The molecule has 7 nitrogen and oxygen atoms in total. The minimum Gasteiger partial charge on any atom is -0.449 e. The molecule has 1 aliphatic carbocycles. The molecule has 5 N–H and O–H groups in total. The fourth-order valence-electron chi connectivity index (χ4n) is 4.02. The minimum atomic E-state index is -1.29. The molecule has 1 aliphatic rings. The van der Waals surface area contributed by atoms with E-state index in [0.717, 1.165) is 22.3 Å². The van der Waals surface area contributed by atoms with Gasteiger partial charge in [-0.2, -0.15) is 0 Å². The van der Waals surface area contributed by atoms with E-state index in [-0.39, 0.29) is 36.9 Å². The number of halogens is 1. The molecule has 0 saturated heterocycles. The van der Waals surface area contributed by atoms with Crippen molar-refractivity contribution in [2.45, 2.75) is 24.5 Å². The van der Waals surface area contributed by atoms with E-state index in [1.807, 2.05) is 24.3 Å². The SMILES string of the molecule is Nc1cc(Cl)cnc1C(O)C(O)CCNC(=O)OCC1c2ccccc2-c2ccccc21. The van der Waals surface area contributed by atoms with E-state index in [1.54, 1.807) is 0 Å². The summed E-state index contributed by atoms with van der Waals surface area (Å²) < 4.78 is 5.46. The number of aliphatic hydroxyl groups is 2. The highest BCUT2D eigenvalue weighted by Crippen LogP contribution is 2.44. The van der Waals surface area contributed by atoms with Gasteiger partial charge in [0, 0.05) is 18.7 Å². The zero-order valence-corrected chi connectivity index (χ0v) is 18.0. The van der Waals surface area contributed by atoms with Gasteiger partial charge in [0.1, 0.15) is 12.7 Å². The summed E-state index contributed by atoms with van der Waals surface area (Å²) >= 11 is 5.80. The molecule has 0 saturated carbocycles. The van der Waals surface area contributed by atoms with Gasteiger partial charge in [-0.3, -0.25) is 4.98 Å². The lowest BCUT2D eigenvalue weighted by Crippen LogP contribution is -2.31. The number of nitrogens with one attached hydrogen (secondary N) is 1. The number of benzene rings is 2. The maximum Gasteiger partial charge on any atom is 0.407 e. The van der Waals surface area contributed by atoms with Gasteiger partial charge in [0.25, 0.3) is 0 Å². The number of ether oxygens (including phenoxy) is 1. The van der Waals surface area contributed by atoms with E-state index in [2.05, 4.69) is 34.6 Å². The van der Waals surface area contributed by atoms with Gasteiger partial charge in [0.15, 0.2) is 0 Å². The van der Waals surface area contributed by atoms with Gasteiger partial charge in [-0.1, -0.05) is 60.1 Å². The average Bonchev–Trinajstić information content (AvgIpc) is 3.11. The van der Waals surface area contributed by atoms with Crippen molar-refractivity contribution in [1.82, 2.24) is 10.3 Å². The first-order chi connectivity index (χ1) is 15.5. The second-order valence-electron chi connectivity index (χ2n) is 7.68. The average molecular weight is 454 g/mol. The molecule has 8 heteroatoms. The number of aliphatic hydroxyl groups excluding tert-OH is 2. The van der Waals surface area contributed by atoms with E-state index < -0.39 is 18.3 Å². The molecule has 0 bridgehead atoms. The first-order valence-corrected chi connectivity index (χ1v) is 10.7. The number of nitrogens with two attached hydrogens (primary N) is 1. The van der Waals surface area contributed by atoms with E-state index in [4.69, 9.17) is 22.1 Å². The maximum atomic E-state index is 12.2. The van der Waals surface area contributed by atoms with Crippen LogP contribution >= 0.6 is 11.6 Å². The molecule has 32 heavy (non-hydrogen) atoms. The molecule has 0 fully saturated rings. The van der Waals surface area contributed by atoms with Crippen molar-refractivity contribution >= 4 is 23.4 Å². The van der Waals surface area contributed by atoms with Crippen LogP contribution in [0.2, 0.25) is 5.02 Å². The Morgan fingerprint density at radius 2 is 1.75 bits per heavy atom. The number of rotatable bonds is 7. The number of aromatic nitrogens is 1. The number of pyridine rings is 1. The number of nitrogen functional groups attached to an aromatic ring is 1. The Morgan fingerprint density at radius 1 is 1.12 bits per heavy atom. The highest BCUT2D eigenvalue weighted by Gasteiger charge is 2.29. The first-order valence-electron chi connectivity index (χ1n) is 10.3. The van der Waals surface area contributed by atoms with Gasteiger partial charge < -0.3 is 26.0 Å². The summed E-state index contributed by atoms with van der Waals surface area (Å²) in [6.07, 6.45) is -1.61. The fourth-order valence-corrected chi connectivity index (χ4v) is 4.19. The van der Waals surface area contributed by atoms with Gasteiger partial charge in [0.05, 0.1) is 22.5 Å². The number of fused-ring (bicyclic) bond motifs is 3. The number of hydrogen-bond acceptors (Lipinski definition) is 6. The number of amides is 1. The van der Waals surface area contributed by atoms with Crippen molar-refractivity contribution in [3.05, 3.63) is 82.6 Å². The van der Waals surface area contributed by atoms with Gasteiger partial charge >= 0.3 is 6.09 Å². The predicted molar refractivity (Wildman–Crippen MR) is 122 cm³/mol. The van der Waals surface area contributed by atoms with Gasteiger partial charge in [0.2, 0.25) is 0 Å². The molecule has 166 valence electrons. The van der Waals surface area contributed by atoms with Crippen LogP contribution in [0.1, 0.15) is 35.3 Å². The third-order valence-electron chi connectivity index (χ3n) is 5.61. The van der Waals surface area contributed by atoms with E-state index in [0.29, 0.717) is 5.02 Å². The van der Waals surface area contributed by atoms with E-state index >= 15 is 0 Å². The third-order valence-corrected chi connectivity index (χ3v) is 5.82. The molecule has 2 aromatic carbocycles. The van der Waals surface area contributed by atoms with Crippen molar-refractivity contribution in [2.75, 3.05) is 18.9 Å². The molecular weight excluding hydrogens is 430 g/mol. The summed E-state index contributed by atoms with van der Waals surface area (Å²) in [5, 5.41) is 23.5. The number of hydrogen-bond donors (Lipinski definition) is 4. The summed E-state index contributed by atoms with van der Waals surface area (Å²) in [6.45, 7) is 0.318. The van der Waals surface area contributed by atoms with Crippen LogP contribution in [0, 0.1) is 0 Å². The number of alkyl carbamates (subject to hydrolysis) is 1. The lowest BCUT2D eigenvalue weighted by atomic mass is 9.98. The molecule has 3 aromatic rings. The number of anilines is 1. The van der Waals surface area contributed by atoms with Crippen LogP contribution < -0.4 is 11.1 Å². The monoisotopic (exact) mass is 453 g/mol. The normalized spacial score (nSPS) is 14.3. The smallest absolute Gasteiger partial charge is 0.407 e. The van der Waals surface area contributed by atoms with Gasteiger partial charge in [-0.25, -0.2) is 4.79 Å². The molecule has 0 aliphatic heterocycles. The highest BCUT2D eigenvalue weighted by molar-refractivity contribution is 6.30. The zero-order chi connectivity index (χ0) is 22.7. The Morgan fingerprint density at radius 3 is 2.38 bits per heavy atom. The molecule has 1 amide bonds. The van der Waals surface area contributed by atoms with Crippen molar-refractivity contribution in [1.29, 1.82) is 0 Å². The van der Waals surface area contributed by atoms with Crippen LogP contribution in [-0.2, 0) is 4.74 Å². The van der Waals surface area contributed by atoms with E-state index in [1.165, 1.54) is 12.3 Å². The Labute approximate surface area is 190 Å². The summed E-state index contributed by atoms with van der Waals surface area (Å²) in [7, 11) is 0. The van der Waals surface area contributed by atoms with Crippen LogP contribution in [-0.4, -0.2) is 40.5 Å². The second-order valence-corrected chi connectivity index (χ2v) is 8.12. The molecule has 2 unspecified atom stereocenters. The molecule has 2 atom stereocenters. The molecular formula is C24H24ClN3O4. The fraction of sp³-hybridized carbons (Fsp3) is 0.250. The van der Waals surface area contributed by atoms with Crippen LogP contribution in [0.4, 0.5) is 10.5 Å². The number of nitrogens with zero attached hydrogens (tertiary/aromatic N) is 1. The van der Waals surface area contributed by atoms with Crippen molar-refractivity contribution in [2.24, 2.45) is 0 Å². The van der Waals surface area contributed by atoms with Crippen molar-refractivity contribution < 1.29 is 19.7 Å². The molecule has 1 heterocycles. The summed E-state index contributed by atoms with van der Waals surface area (Å²) in [4.78, 5) is 16.2.